The van der Waals surface area contributed by atoms with Gasteiger partial charge in [-0.25, -0.2) is 0 Å². The third kappa shape index (κ3) is 3.59. The first-order chi connectivity index (χ1) is 9.76. The van der Waals surface area contributed by atoms with Crippen molar-refractivity contribution in [2.45, 2.75) is 46.0 Å². The van der Waals surface area contributed by atoms with Crippen LogP contribution in [0.4, 0.5) is 11.4 Å². The van der Waals surface area contributed by atoms with Crippen molar-refractivity contribution >= 4 is 11.4 Å². The average Bonchev–Trinajstić information content (AvgIpc) is 2.71. The first-order valence-electron chi connectivity index (χ1n) is 8.02. The molecule has 20 heavy (non-hydrogen) atoms. The molecule has 0 aromatic heterocycles. The van der Waals surface area contributed by atoms with Gasteiger partial charge in [0.25, 0.3) is 0 Å². The summed E-state index contributed by atoms with van der Waals surface area (Å²) in [7, 11) is 0. The summed E-state index contributed by atoms with van der Waals surface area (Å²) in [6.07, 6.45) is 6.18. The number of ether oxygens (including phenoxy) is 1. The Morgan fingerprint density at radius 2 is 2.10 bits per heavy atom. The van der Waals surface area contributed by atoms with E-state index in [1.165, 1.54) is 25.7 Å². The van der Waals surface area contributed by atoms with Crippen molar-refractivity contribution in [3.05, 3.63) is 18.2 Å². The predicted molar refractivity (Wildman–Crippen MR) is 86.5 cm³/mol. The number of para-hydroxylation sites is 1. The molecule has 0 spiro atoms. The van der Waals surface area contributed by atoms with Gasteiger partial charge in [0.15, 0.2) is 0 Å². The number of nitrogens with two attached hydrogens (primary N) is 1. The summed E-state index contributed by atoms with van der Waals surface area (Å²) >= 11 is 0. The van der Waals surface area contributed by atoms with Crippen LogP contribution in [0.3, 0.4) is 0 Å². The molecule has 2 N–H and O–H groups in total. The van der Waals surface area contributed by atoms with Gasteiger partial charge in [0, 0.05) is 13.1 Å². The van der Waals surface area contributed by atoms with Crippen LogP contribution in [-0.4, -0.2) is 19.7 Å². The molecule has 2 rings (SSSR count). The Morgan fingerprint density at radius 1 is 1.25 bits per heavy atom. The standard InChI is InChI=1S/C17H28N2O/c1-3-13-20-16-9-5-8-15(17(16)18)19-11-6-7-14(4-2)10-12-19/h5,8-9,14H,3-4,6-7,10-13,18H2,1-2H3. The molecule has 0 aliphatic carbocycles. The lowest BCUT2D eigenvalue weighted by Gasteiger charge is -2.25. The van der Waals surface area contributed by atoms with E-state index in [2.05, 4.69) is 30.9 Å². The molecule has 1 saturated heterocycles. The summed E-state index contributed by atoms with van der Waals surface area (Å²) in [5.41, 5.74) is 8.26. The second kappa shape index (κ2) is 7.41. The van der Waals surface area contributed by atoms with Gasteiger partial charge in [-0.05, 0) is 43.7 Å². The molecule has 1 fully saturated rings. The van der Waals surface area contributed by atoms with Gasteiger partial charge in [-0.2, -0.15) is 0 Å². The highest BCUT2D eigenvalue weighted by atomic mass is 16.5. The lowest BCUT2D eigenvalue weighted by Crippen LogP contribution is -2.25. The van der Waals surface area contributed by atoms with Crippen molar-refractivity contribution < 1.29 is 4.74 Å². The first-order valence-corrected chi connectivity index (χ1v) is 8.02. The van der Waals surface area contributed by atoms with Gasteiger partial charge in [0.2, 0.25) is 0 Å². The summed E-state index contributed by atoms with van der Waals surface area (Å²) in [6.45, 7) is 7.36. The Kier molecular flexibility index (Phi) is 5.57. The van der Waals surface area contributed by atoms with Crippen LogP contribution < -0.4 is 15.4 Å². The lowest BCUT2D eigenvalue weighted by molar-refractivity contribution is 0.319. The second-order valence-electron chi connectivity index (χ2n) is 5.73. The normalized spacial score (nSPS) is 19.7. The summed E-state index contributed by atoms with van der Waals surface area (Å²) in [6, 6.07) is 6.15. The van der Waals surface area contributed by atoms with Gasteiger partial charge >= 0.3 is 0 Å². The van der Waals surface area contributed by atoms with E-state index in [1.54, 1.807) is 0 Å². The van der Waals surface area contributed by atoms with Crippen LogP contribution in [0.1, 0.15) is 46.0 Å². The zero-order chi connectivity index (χ0) is 14.4. The van der Waals surface area contributed by atoms with E-state index in [0.717, 1.165) is 49.2 Å². The SMILES string of the molecule is CCCOc1cccc(N2CCCC(CC)CC2)c1N. The zero-order valence-corrected chi connectivity index (χ0v) is 12.9. The quantitative estimate of drug-likeness (QED) is 0.824. The van der Waals surface area contributed by atoms with E-state index in [9.17, 15) is 0 Å². The molecule has 1 heterocycles. The van der Waals surface area contributed by atoms with E-state index in [1.807, 2.05) is 6.07 Å². The topological polar surface area (TPSA) is 38.5 Å². The monoisotopic (exact) mass is 276 g/mol. The molecule has 1 aliphatic heterocycles. The van der Waals surface area contributed by atoms with E-state index < -0.39 is 0 Å². The first kappa shape index (κ1) is 15.0. The lowest BCUT2D eigenvalue weighted by atomic mass is 9.98. The van der Waals surface area contributed by atoms with Gasteiger partial charge < -0.3 is 15.4 Å². The van der Waals surface area contributed by atoms with Crippen molar-refractivity contribution in [3.8, 4) is 5.75 Å². The molecule has 1 unspecified atom stereocenters. The number of hydrogen-bond acceptors (Lipinski definition) is 3. The maximum Gasteiger partial charge on any atom is 0.144 e. The van der Waals surface area contributed by atoms with Crippen LogP contribution in [0.15, 0.2) is 18.2 Å². The van der Waals surface area contributed by atoms with E-state index in [-0.39, 0.29) is 0 Å². The van der Waals surface area contributed by atoms with Crippen LogP contribution in [-0.2, 0) is 0 Å². The van der Waals surface area contributed by atoms with Crippen molar-refractivity contribution in [1.82, 2.24) is 0 Å². The second-order valence-corrected chi connectivity index (χ2v) is 5.73. The van der Waals surface area contributed by atoms with Gasteiger partial charge in [0.1, 0.15) is 5.75 Å². The maximum atomic E-state index is 6.31. The van der Waals surface area contributed by atoms with E-state index in [4.69, 9.17) is 10.5 Å². The molecule has 1 aromatic carbocycles. The Balaban J connectivity index is 2.11. The Morgan fingerprint density at radius 3 is 2.85 bits per heavy atom. The predicted octanol–water partition coefficient (Wildman–Crippen LogP) is 4.07. The Labute approximate surface area is 123 Å². The molecule has 0 saturated carbocycles. The molecular formula is C17H28N2O. The van der Waals surface area contributed by atoms with Crippen molar-refractivity contribution in [3.63, 3.8) is 0 Å². The Hall–Kier alpha value is -1.38. The third-order valence-corrected chi connectivity index (χ3v) is 4.27. The fourth-order valence-electron chi connectivity index (χ4n) is 2.96. The third-order valence-electron chi connectivity index (χ3n) is 4.27. The molecule has 3 nitrogen and oxygen atoms in total. The van der Waals surface area contributed by atoms with Crippen molar-refractivity contribution in [2.24, 2.45) is 5.92 Å². The maximum absolute atomic E-state index is 6.31. The van der Waals surface area contributed by atoms with Crippen LogP contribution in [0, 0.1) is 5.92 Å². The number of anilines is 2. The largest absolute Gasteiger partial charge is 0.491 e. The molecule has 112 valence electrons. The number of nitrogens with zero attached hydrogens (tertiary/aromatic N) is 1. The molecule has 1 aromatic rings. The number of benzene rings is 1. The fraction of sp³-hybridized carbons (Fsp3) is 0.647. The van der Waals surface area contributed by atoms with E-state index >= 15 is 0 Å². The van der Waals surface area contributed by atoms with Crippen molar-refractivity contribution in [2.75, 3.05) is 30.3 Å². The molecular weight excluding hydrogens is 248 g/mol. The number of nitrogen functional groups attached to an aromatic ring is 1. The molecule has 0 radical (unpaired) electrons. The van der Waals surface area contributed by atoms with Crippen LogP contribution in [0.5, 0.6) is 5.75 Å². The zero-order valence-electron chi connectivity index (χ0n) is 12.9. The minimum atomic E-state index is 0.728. The highest BCUT2D eigenvalue weighted by molar-refractivity contribution is 5.74. The summed E-state index contributed by atoms with van der Waals surface area (Å²) in [4.78, 5) is 2.43. The summed E-state index contributed by atoms with van der Waals surface area (Å²) in [5, 5.41) is 0. The average molecular weight is 276 g/mol. The molecule has 1 atom stereocenters. The van der Waals surface area contributed by atoms with Crippen molar-refractivity contribution in [1.29, 1.82) is 0 Å². The number of hydrogen-bond donors (Lipinski definition) is 1. The minimum absolute atomic E-state index is 0.728. The molecule has 1 aliphatic rings. The van der Waals surface area contributed by atoms with Crippen LogP contribution in [0.25, 0.3) is 0 Å². The van der Waals surface area contributed by atoms with Gasteiger partial charge in [-0.15, -0.1) is 0 Å². The summed E-state index contributed by atoms with van der Waals surface area (Å²) in [5.74, 6) is 1.71. The fourth-order valence-corrected chi connectivity index (χ4v) is 2.96. The molecule has 3 heteroatoms. The number of rotatable bonds is 5. The van der Waals surface area contributed by atoms with Crippen LogP contribution in [0.2, 0.25) is 0 Å². The van der Waals surface area contributed by atoms with E-state index in [0.29, 0.717) is 0 Å². The molecule has 0 bridgehead atoms. The van der Waals surface area contributed by atoms with Gasteiger partial charge in [0.05, 0.1) is 18.0 Å². The highest BCUT2D eigenvalue weighted by Crippen LogP contribution is 2.34. The summed E-state index contributed by atoms with van der Waals surface area (Å²) < 4.78 is 5.74. The van der Waals surface area contributed by atoms with Crippen LogP contribution >= 0.6 is 0 Å². The van der Waals surface area contributed by atoms with Gasteiger partial charge in [-0.3, -0.25) is 0 Å². The smallest absolute Gasteiger partial charge is 0.144 e. The molecule has 0 amide bonds. The Bertz CT molecular complexity index is 419. The minimum Gasteiger partial charge on any atom is -0.491 e. The van der Waals surface area contributed by atoms with Gasteiger partial charge in [-0.1, -0.05) is 26.3 Å². The highest BCUT2D eigenvalue weighted by Gasteiger charge is 2.18.